The highest BCUT2D eigenvalue weighted by Crippen LogP contribution is 2.20. The highest BCUT2D eigenvalue weighted by atomic mass is 16.4. The van der Waals surface area contributed by atoms with Gasteiger partial charge < -0.3 is 14.7 Å². The Morgan fingerprint density at radius 2 is 2.06 bits per heavy atom. The lowest BCUT2D eigenvalue weighted by atomic mass is 10.1. The van der Waals surface area contributed by atoms with Crippen molar-refractivity contribution in [3.8, 4) is 0 Å². The summed E-state index contributed by atoms with van der Waals surface area (Å²) in [5, 5.41) is 7.92. The monoisotopic (exact) mass is 413 g/mol. The number of aromatic amines is 1. The Hall–Kier alpha value is -4.20. The van der Waals surface area contributed by atoms with E-state index in [9.17, 15) is 9.59 Å². The second-order valence-electron chi connectivity index (χ2n) is 7.35. The number of pyridine rings is 1. The van der Waals surface area contributed by atoms with Crippen molar-refractivity contribution in [2.24, 2.45) is 0 Å². The van der Waals surface area contributed by atoms with E-state index in [1.165, 1.54) is 6.33 Å². The summed E-state index contributed by atoms with van der Waals surface area (Å²) in [4.78, 5) is 32.6. The molecule has 0 radical (unpaired) electrons. The van der Waals surface area contributed by atoms with Crippen molar-refractivity contribution in [2.45, 2.75) is 19.8 Å². The normalized spacial score (nSPS) is 11.3. The zero-order chi connectivity index (χ0) is 21.4. The SMILES string of the molecule is Cc1cc(CCc2c[nH]c3ccccc23)oc(=O)c1C(=O)Nc1ccc2ncnn2c1. The van der Waals surface area contributed by atoms with Crippen LogP contribution in [0.2, 0.25) is 0 Å². The predicted octanol–water partition coefficient (Wildman–Crippen LogP) is 3.51. The average Bonchev–Trinajstić information content (AvgIpc) is 3.38. The number of carbonyl (C=O) groups is 1. The topological polar surface area (TPSA) is 105 Å². The van der Waals surface area contributed by atoms with Crippen LogP contribution in [-0.2, 0) is 12.8 Å². The van der Waals surface area contributed by atoms with Crippen molar-refractivity contribution in [2.75, 3.05) is 5.32 Å². The van der Waals surface area contributed by atoms with E-state index in [2.05, 4.69) is 26.4 Å². The number of hydrogen-bond acceptors (Lipinski definition) is 5. The third-order valence-corrected chi connectivity index (χ3v) is 5.27. The van der Waals surface area contributed by atoms with Crippen LogP contribution in [0.5, 0.6) is 0 Å². The maximum atomic E-state index is 12.7. The number of anilines is 1. The van der Waals surface area contributed by atoms with Gasteiger partial charge in [-0.15, -0.1) is 0 Å². The first-order chi connectivity index (χ1) is 15.1. The van der Waals surface area contributed by atoms with Gasteiger partial charge in [0.1, 0.15) is 17.7 Å². The van der Waals surface area contributed by atoms with Crippen LogP contribution in [0.1, 0.15) is 27.2 Å². The Labute approximate surface area is 176 Å². The van der Waals surface area contributed by atoms with Crippen molar-refractivity contribution in [3.63, 3.8) is 0 Å². The maximum Gasteiger partial charge on any atom is 0.349 e. The van der Waals surface area contributed by atoms with Gasteiger partial charge in [-0.25, -0.2) is 14.3 Å². The van der Waals surface area contributed by atoms with Crippen LogP contribution in [0.3, 0.4) is 0 Å². The molecule has 4 heterocycles. The maximum absolute atomic E-state index is 12.7. The van der Waals surface area contributed by atoms with E-state index in [0.717, 1.165) is 22.9 Å². The number of benzene rings is 1. The fraction of sp³-hybridized carbons (Fsp3) is 0.130. The lowest BCUT2D eigenvalue weighted by molar-refractivity contribution is 0.102. The summed E-state index contributed by atoms with van der Waals surface area (Å²) in [7, 11) is 0. The number of nitrogens with zero attached hydrogens (tertiary/aromatic N) is 3. The lowest BCUT2D eigenvalue weighted by Gasteiger charge is -2.08. The lowest BCUT2D eigenvalue weighted by Crippen LogP contribution is -2.23. The van der Waals surface area contributed by atoms with Crippen LogP contribution >= 0.6 is 0 Å². The van der Waals surface area contributed by atoms with Gasteiger partial charge in [-0.1, -0.05) is 18.2 Å². The van der Waals surface area contributed by atoms with Gasteiger partial charge in [-0.05, 0) is 48.7 Å². The molecule has 5 rings (SSSR count). The summed E-state index contributed by atoms with van der Waals surface area (Å²) in [6.07, 6.45) is 6.31. The van der Waals surface area contributed by atoms with E-state index in [1.54, 1.807) is 35.8 Å². The van der Waals surface area contributed by atoms with Gasteiger partial charge in [0.05, 0.1) is 11.9 Å². The molecule has 0 aliphatic heterocycles. The molecule has 0 aliphatic rings. The predicted molar refractivity (Wildman–Crippen MR) is 116 cm³/mol. The Morgan fingerprint density at radius 1 is 1.19 bits per heavy atom. The first kappa shape index (κ1) is 18.8. The minimum absolute atomic E-state index is 0.00506. The largest absolute Gasteiger partial charge is 0.427 e. The summed E-state index contributed by atoms with van der Waals surface area (Å²) >= 11 is 0. The second-order valence-corrected chi connectivity index (χ2v) is 7.35. The van der Waals surface area contributed by atoms with Crippen molar-refractivity contribution in [1.82, 2.24) is 19.6 Å². The molecule has 0 atom stereocenters. The molecule has 4 aromatic heterocycles. The molecule has 1 aromatic carbocycles. The molecule has 0 aliphatic carbocycles. The fourth-order valence-electron chi connectivity index (χ4n) is 3.75. The van der Waals surface area contributed by atoms with Gasteiger partial charge in [0.2, 0.25) is 0 Å². The molecule has 8 heteroatoms. The van der Waals surface area contributed by atoms with Crippen LogP contribution in [0.25, 0.3) is 16.6 Å². The molecule has 5 aromatic rings. The molecular weight excluding hydrogens is 394 g/mol. The van der Waals surface area contributed by atoms with E-state index >= 15 is 0 Å². The molecule has 8 nitrogen and oxygen atoms in total. The molecule has 2 N–H and O–H groups in total. The van der Waals surface area contributed by atoms with E-state index in [1.807, 2.05) is 24.4 Å². The van der Waals surface area contributed by atoms with Gasteiger partial charge >= 0.3 is 5.63 Å². The van der Waals surface area contributed by atoms with E-state index in [0.29, 0.717) is 29.1 Å². The molecule has 154 valence electrons. The van der Waals surface area contributed by atoms with Gasteiger partial charge in [0.25, 0.3) is 5.91 Å². The summed E-state index contributed by atoms with van der Waals surface area (Å²) in [6, 6.07) is 13.3. The minimum Gasteiger partial charge on any atom is -0.427 e. The number of nitrogens with one attached hydrogen (secondary N) is 2. The third kappa shape index (κ3) is 3.59. The van der Waals surface area contributed by atoms with E-state index in [4.69, 9.17) is 4.42 Å². The number of aryl methyl sites for hydroxylation is 3. The second kappa shape index (κ2) is 7.56. The Balaban J connectivity index is 1.34. The van der Waals surface area contributed by atoms with Crippen LogP contribution in [0.4, 0.5) is 5.69 Å². The van der Waals surface area contributed by atoms with Crippen LogP contribution < -0.4 is 10.9 Å². The van der Waals surface area contributed by atoms with Gasteiger partial charge in [0, 0.05) is 23.5 Å². The molecule has 0 saturated heterocycles. The van der Waals surface area contributed by atoms with Gasteiger partial charge in [0.15, 0.2) is 5.65 Å². The average molecular weight is 413 g/mol. The number of hydrogen-bond donors (Lipinski definition) is 2. The molecule has 0 saturated carbocycles. The molecule has 0 bridgehead atoms. The molecule has 1 amide bonds. The van der Waals surface area contributed by atoms with E-state index in [-0.39, 0.29) is 5.56 Å². The summed E-state index contributed by atoms with van der Waals surface area (Å²) in [5.41, 5.74) is 3.32. The Morgan fingerprint density at radius 3 is 2.94 bits per heavy atom. The van der Waals surface area contributed by atoms with Crippen molar-refractivity contribution in [3.05, 3.63) is 94.1 Å². The van der Waals surface area contributed by atoms with Gasteiger partial charge in [-0.2, -0.15) is 5.10 Å². The molecular formula is C23H19N5O3. The zero-order valence-corrected chi connectivity index (χ0v) is 16.8. The van der Waals surface area contributed by atoms with Crippen LogP contribution in [0.15, 0.2) is 70.4 Å². The van der Waals surface area contributed by atoms with Crippen molar-refractivity contribution in [1.29, 1.82) is 0 Å². The minimum atomic E-state index is -0.645. The smallest absolute Gasteiger partial charge is 0.349 e. The fourth-order valence-corrected chi connectivity index (χ4v) is 3.75. The summed E-state index contributed by atoms with van der Waals surface area (Å²) in [6.45, 7) is 1.74. The number of fused-ring (bicyclic) bond motifs is 2. The number of carbonyl (C=O) groups excluding carboxylic acids is 1. The number of rotatable bonds is 5. The first-order valence-corrected chi connectivity index (χ1v) is 9.88. The number of para-hydroxylation sites is 1. The molecule has 31 heavy (non-hydrogen) atoms. The van der Waals surface area contributed by atoms with Crippen LogP contribution in [0, 0.1) is 6.92 Å². The number of aromatic nitrogens is 4. The molecule has 0 spiro atoms. The van der Waals surface area contributed by atoms with Crippen LogP contribution in [-0.4, -0.2) is 25.5 Å². The third-order valence-electron chi connectivity index (χ3n) is 5.27. The quantitative estimate of drug-likeness (QED) is 0.459. The number of amides is 1. The highest BCUT2D eigenvalue weighted by molar-refractivity contribution is 6.04. The van der Waals surface area contributed by atoms with E-state index < -0.39 is 11.5 Å². The first-order valence-electron chi connectivity index (χ1n) is 9.88. The van der Waals surface area contributed by atoms with Crippen molar-refractivity contribution >= 4 is 28.1 Å². The highest BCUT2D eigenvalue weighted by Gasteiger charge is 2.18. The van der Waals surface area contributed by atoms with Crippen molar-refractivity contribution < 1.29 is 9.21 Å². The zero-order valence-electron chi connectivity index (χ0n) is 16.8. The standard InChI is InChI=1S/C23H19N5O3/c1-14-10-17(8-6-15-11-24-19-5-3-2-4-18(15)19)31-23(30)21(14)22(29)27-16-7-9-20-25-13-26-28(20)12-16/h2-5,7,9-13,24H,6,8H2,1H3,(H,27,29). The molecule has 0 unspecified atom stereocenters. The summed E-state index contributed by atoms with van der Waals surface area (Å²) < 4.78 is 7.00. The Kier molecular flexibility index (Phi) is 4.59. The summed E-state index contributed by atoms with van der Waals surface area (Å²) in [5.74, 6) is 0.0299. The Bertz CT molecular complexity index is 1480. The van der Waals surface area contributed by atoms with Gasteiger partial charge in [-0.3, -0.25) is 4.79 Å². The molecule has 0 fully saturated rings. The number of H-pyrrole nitrogens is 1.